The van der Waals surface area contributed by atoms with Gasteiger partial charge in [0.15, 0.2) is 0 Å². The lowest BCUT2D eigenvalue weighted by Gasteiger charge is -2.23. The Hall–Kier alpha value is -0.250. The van der Waals surface area contributed by atoms with Crippen LogP contribution in [0.4, 0.5) is 0 Å². The van der Waals surface area contributed by atoms with Crippen molar-refractivity contribution < 1.29 is 0 Å². The number of aromatic nitrogens is 1. The van der Waals surface area contributed by atoms with Crippen LogP contribution >= 0.6 is 23.4 Å². The van der Waals surface area contributed by atoms with Gasteiger partial charge in [-0.25, -0.2) is 4.98 Å². The zero-order valence-electron chi connectivity index (χ0n) is 10.2. The highest BCUT2D eigenvalue weighted by Gasteiger charge is 2.23. The van der Waals surface area contributed by atoms with Gasteiger partial charge in [-0.15, -0.1) is 11.8 Å². The van der Waals surface area contributed by atoms with Crippen molar-refractivity contribution >= 4 is 23.4 Å². The number of nitrogens with one attached hydrogen (secondary N) is 1. The highest BCUT2D eigenvalue weighted by Crippen LogP contribution is 2.32. The third-order valence-electron chi connectivity index (χ3n) is 3.30. The summed E-state index contributed by atoms with van der Waals surface area (Å²) < 4.78 is 0. The molecule has 2 nitrogen and oxygen atoms in total. The van der Waals surface area contributed by atoms with E-state index >= 15 is 0 Å². The van der Waals surface area contributed by atoms with E-state index in [1.165, 1.54) is 32.1 Å². The van der Waals surface area contributed by atoms with E-state index in [-0.39, 0.29) is 0 Å². The Morgan fingerprint density at radius 2 is 2.12 bits per heavy atom. The first-order valence-corrected chi connectivity index (χ1v) is 7.51. The molecule has 0 bridgehead atoms. The second-order valence-corrected chi connectivity index (χ2v) is 6.20. The van der Waals surface area contributed by atoms with Crippen molar-refractivity contribution in [3.05, 3.63) is 23.4 Å². The Morgan fingerprint density at radius 3 is 2.82 bits per heavy atom. The first kappa shape index (κ1) is 13.2. The highest BCUT2D eigenvalue weighted by atomic mass is 35.5. The van der Waals surface area contributed by atoms with E-state index in [4.69, 9.17) is 11.6 Å². The molecule has 1 aromatic rings. The Morgan fingerprint density at radius 1 is 1.29 bits per heavy atom. The SMILES string of the molecule is CNC1CCCCCC1Sc1ccc(Cl)cn1. The summed E-state index contributed by atoms with van der Waals surface area (Å²) in [5.74, 6) is 0. The van der Waals surface area contributed by atoms with Crippen LogP contribution in [-0.2, 0) is 0 Å². The van der Waals surface area contributed by atoms with E-state index in [1.54, 1.807) is 6.20 Å². The van der Waals surface area contributed by atoms with Crippen LogP contribution < -0.4 is 5.32 Å². The van der Waals surface area contributed by atoms with Crippen molar-refractivity contribution in [2.24, 2.45) is 0 Å². The van der Waals surface area contributed by atoms with Crippen molar-refractivity contribution in [3.8, 4) is 0 Å². The van der Waals surface area contributed by atoms with Gasteiger partial charge in [0.2, 0.25) is 0 Å². The summed E-state index contributed by atoms with van der Waals surface area (Å²) in [6.07, 6.45) is 8.33. The van der Waals surface area contributed by atoms with Gasteiger partial charge in [0.1, 0.15) is 0 Å². The average Bonchev–Trinajstić information content (AvgIpc) is 2.57. The van der Waals surface area contributed by atoms with E-state index in [9.17, 15) is 0 Å². The van der Waals surface area contributed by atoms with Crippen LogP contribution in [0.5, 0.6) is 0 Å². The molecule has 2 atom stereocenters. The van der Waals surface area contributed by atoms with Crippen molar-refractivity contribution in [2.75, 3.05) is 7.05 Å². The summed E-state index contributed by atoms with van der Waals surface area (Å²) in [7, 11) is 2.07. The van der Waals surface area contributed by atoms with Crippen LogP contribution in [0.2, 0.25) is 5.02 Å². The number of rotatable bonds is 3. The number of nitrogens with zero attached hydrogens (tertiary/aromatic N) is 1. The van der Waals surface area contributed by atoms with Crippen molar-refractivity contribution in [1.82, 2.24) is 10.3 Å². The first-order chi connectivity index (χ1) is 8.29. The minimum atomic E-state index is 0.611. The van der Waals surface area contributed by atoms with Gasteiger partial charge in [-0.2, -0.15) is 0 Å². The monoisotopic (exact) mass is 270 g/mol. The summed E-state index contributed by atoms with van der Waals surface area (Å²) in [5, 5.41) is 5.88. The van der Waals surface area contributed by atoms with E-state index < -0.39 is 0 Å². The molecule has 2 unspecified atom stereocenters. The molecule has 4 heteroatoms. The van der Waals surface area contributed by atoms with Gasteiger partial charge in [0, 0.05) is 17.5 Å². The minimum absolute atomic E-state index is 0.611. The Kier molecular flexibility index (Phi) is 5.14. The summed E-state index contributed by atoms with van der Waals surface area (Å²) in [5.41, 5.74) is 0. The number of halogens is 1. The maximum absolute atomic E-state index is 5.85. The number of hydrogen-bond acceptors (Lipinski definition) is 3. The third kappa shape index (κ3) is 3.87. The topological polar surface area (TPSA) is 24.9 Å². The molecule has 0 radical (unpaired) electrons. The normalized spacial score (nSPS) is 25.5. The summed E-state index contributed by atoms with van der Waals surface area (Å²) >= 11 is 7.74. The van der Waals surface area contributed by atoms with Crippen LogP contribution in [0.1, 0.15) is 32.1 Å². The lowest BCUT2D eigenvalue weighted by atomic mass is 10.1. The maximum atomic E-state index is 5.85. The molecule has 1 N–H and O–H groups in total. The van der Waals surface area contributed by atoms with Crippen LogP contribution in [0.3, 0.4) is 0 Å². The summed E-state index contributed by atoms with van der Waals surface area (Å²) in [6.45, 7) is 0. The van der Waals surface area contributed by atoms with Crippen LogP contribution in [0.15, 0.2) is 23.4 Å². The summed E-state index contributed by atoms with van der Waals surface area (Å²) in [4.78, 5) is 4.37. The highest BCUT2D eigenvalue weighted by molar-refractivity contribution is 7.99. The van der Waals surface area contributed by atoms with Gasteiger partial charge in [-0.1, -0.05) is 30.9 Å². The van der Waals surface area contributed by atoms with Gasteiger partial charge < -0.3 is 5.32 Å². The lowest BCUT2D eigenvalue weighted by molar-refractivity contribution is 0.510. The fraction of sp³-hybridized carbons (Fsp3) is 0.615. The maximum Gasteiger partial charge on any atom is 0.0964 e. The van der Waals surface area contributed by atoms with Gasteiger partial charge in [0.05, 0.1) is 10.0 Å². The number of hydrogen-bond donors (Lipinski definition) is 1. The molecule has 0 aliphatic heterocycles. The zero-order chi connectivity index (χ0) is 12.1. The molecule has 1 heterocycles. The van der Waals surface area contributed by atoms with Crippen molar-refractivity contribution in [3.63, 3.8) is 0 Å². The van der Waals surface area contributed by atoms with Gasteiger partial charge in [-0.05, 0) is 32.0 Å². The quantitative estimate of drug-likeness (QED) is 0.847. The second kappa shape index (κ2) is 6.62. The predicted molar refractivity (Wildman–Crippen MR) is 74.8 cm³/mol. The molecular formula is C13H19ClN2S. The Balaban J connectivity index is 2.01. The third-order valence-corrected chi connectivity index (χ3v) is 4.87. The summed E-state index contributed by atoms with van der Waals surface area (Å²) in [6, 6.07) is 4.55. The van der Waals surface area contributed by atoms with Gasteiger partial charge in [-0.3, -0.25) is 0 Å². The largest absolute Gasteiger partial charge is 0.316 e. The van der Waals surface area contributed by atoms with Crippen molar-refractivity contribution in [1.29, 1.82) is 0 Å². The molecule has 0 spiro atoms. The average molecular weight is 271 g/mol. The molecule has 0 aromatic carbocycles. The molecule has 1 aliphatic carbocycles. The minimum Gasteiger partial charge on any atom is -0.316 e. The molecule has 1 saturated carbocycles. The van der Waals surface area contributed by atoms with E-state index in [2.05, 4.69) is 17.3 Å². The predicted octanol–water partition coefficient (Wildman–Crippen LogP) is 3.75. The smallest absolute Gasteiger partial charge is 0.0964 e. The zero-order valence-corrected chi connectivity index (χ0v) is 11.7. The van der Waals surface area contributed by atoms with E-state index in [1.807, 2.05) is 23.9 Å². The lowest BCUT2D eigenvalue weighted by Crippen LogP contribution is -2.34. The second-order valence-electron chi connectivity index (χ2n) is 4.50. The standard InChI is InChI=1S/C13H19ClN2S/c1-15-11-5-3-2-4-6-12(11)17-13-8-7-10(14)9-16-13/h7-9,11-12,15H,2-6H2,1H3. The van der Waals surface area contributed by atoms with Crippen molar-refractivity contribution in [2.45, 2.75) is 48.4 Å². The molecule has 2 rings (SSSR count). The van der Waals surface area contributed by atoms with E-state index in [0.29, 0.717) is 16.3 Å². The molecular weight excluding hydrogens is 252 g/mol. The molecule has 17 heavy (non-hydrogen) atoms. The molecule has 1 aromatic heterocycles. The molecule has 1 aliphatic rings. The number of pyridine rings is 1. The Bertz CT molecular complexity index is 342. The molecule has 1 fully saturated rings. The number of thioether (sulfide) groups is 1. The first-order valence-electron chi connectivity index (χ1n) is 6.25. The van der Waals surface area contributed by atoms with Crippen LogP contribution in [0.25, 0.3) is 0 Å². The van der Waals surface area contributed by atoms with Gasteiger partial charge >= 0.3 is 0 Å². The molecule has 0 amide bonds. The molecule has 94 valence electrons. The molecule has 0 saturated heterocycles. The van der Waals surface area contributed by atoms with Crippen LogP contribution in [-0.4, -0.2) is 23.3 Å². The van der Waals surface area contributed by atoms with Crippen LogP contribution in [0, 0.1) is 0 Å². The fourth-order valence-electron chi connectivity index (χ4n) is 2.33. The fourth-order valence-corrected chi connectivity index (χ4v) is 3.74. The Labute approximate surface area is 113 Å². The van der Waals surface area contributed by atoms with Gasteiger partial charge in [0.25, 0.3) is 0 Å². The van der Waals surface area contributed by atoms with E-state index in [0.717, 1.165) is 5.03 Å².